The van der Waals surface area contributed by atoms with Crippen molar-refractivity contribution in [3.05, 3.63) is 65.9 Å². The third-order valence-corrected chi connectivity index (χ3v) is 6.70. The van der Waals surface area contributed by atoms with Crippen molar-refractivity contribution in [2.45, 2.75) is 53.9 Å². The first kappa shape index (κ1) is 27.2. The van der Waals surface area contributed by atoms with Crippen LogP contribution in [-0.2, 0) is 10.2 Å². The Kier molecular flexibility index (Phi) is 7.54. The van der Waals surface area contributed by atoms with Crippen LogP contribution < -0.4 is 15.5 Å². The fourth-order valence-corrected chi connectivity index (χ4v) is 4.40. The topological polar surface area (TPSA) is 82.5 Å². The molecular weight excluding hydrogens is 476 g/mol. The van der Waals surface area contributed by atoms with Gasteiger partial charge in [-0.25, -0.2) is 9.48 Å². The molecule has 4 rings (SSSR count). The zero-order valence-electron chi connectivity index (χ0n) is 23.6. The number of urea groups is 1. The normalized spacial score (nSPS) is 14.4. The van der Waals surface area contributed by atoms with Crippen molar-refractivity contribution in [1.29, 1.82) is 0 Å². The highest BCUT2D eigenvalue weighted by molar-refractivity contribution is 5.99. The van der Waals surface area contributed by atoms with Crippen molar-refractivity contribution in [1.82, 2.24) is 14.7 Å². The summed E-state index contributed by atoms with van der Waals surface area (Å²) < 4.78 is 1.77. The molecule has 0 atom stereocenters. The van der Waals surface area contributed by atoms with Crippen LogP contribution in [0.25, 0.3) is 5.69 Å². The lowest BCUT2D eigenvalue weighted by atomic mass is 9.92. The maximum atomic E-state index is 12.9. The average Bonchev–Trinajstić information content (AvgIpc) is 3.28. The van der Waals surface area contributed by atoms with Crippen molar-refractivity contribution < 1.29 is 9.59 Å². The number of carbonyl (C=O) groups is 2. The standard InChI is InChI=1S/C30H40N6O2/c1-21-8-12-24(13-9-21)36-26(20-25(33-36)29(2,3)4)32-28(38)31-22-10-14-23(15-11-22)34-16-18-35(19-17-34)27(37)30(5,6)7/h8-15,20H,16-19H2,1-7H3,(H2,31,32,38). The highest BCUT2D eigenvalue weighted by Crippen LogP contribution is 2.27. The summed E-state index contributed by atoms with van der Waals surface area (Å²) in [5.74, 6) is 0.802. The van der Waals surface area contributed by atoms with Gasteiger partial charge in [-0.05, 0) is 43.3 Å². The van der Waals surface area contributed by atoms with Gasteiger partial charge in [0, 0.05) is 54.5 Å². The van der Waals surface area contributed by atoms with Crippen LogP contribution in [0.15, 0.2) is 54.6 Å². The van der Waals surface area contributed by atoms with Gasteiger partial charge in [0.2, 0.25) is 5.91 Å². The molecule has 1 aliphatic heterocycles. The van der Waals surface area contributed by atoms with Gasteiger partial charge < -0.3 is 15.1 Å². The summed E-state index contributed by atoms with van der Waals surface area (Å²) in [6, 6.07) is 17.5. The van der Waals surface area contributed by atoms with E-state index in [1.807, 2.05) is 87.2 Å². The molecule has 0 radical (unpaired) electrons. The summed E-state index contributed by atoms with van der Waals surface area (Å²) in [5, 5.41) is 10.7. The third-order valence-electron chi connectivity index (χ3n) is 6.70. The van der Waals surface area contributed by atoms with Gasteiger partial charge in [0.25, 0.3) is 0 Å². The lowest BCUT2D eigenvalue weighted by Crippen LogP contribution is -2.51. The van der Waals surface area contributed by atoms with E-state index in [0.717, 1.165) is 35.7 Å². The number of aromatic nitrogens is 2. The minimum absolute atomic E-state index is 0.162. The number of benzene rings is 2. The summed E-state index contributed by atoms with van der Waals surface area (Å²) >= 11 is 0. The minimum atomic E-state index is -0.359. The molecule has 0 saturated carbocycles. The van der Waals surface area contributed by atoms with Crippen molar-refractivity contribution in [2.24, 2.45) is 5.41 Å². The van der Waals surface area contributed by atoms with Gasteiger partial charge in [-0.15, -0.1) is 0 Å². The van der Waals surface area contributed by atoms with E-state index in [1.54, 1.807) is 4.68 Å². The first-order valence-corrected chi connectivity index (χ1v) is 13.2. The number of nitrogens with one attached hydrogen (secondary N) is 2. The van der Waals surface area contributed by atoms with E-state index in [-0.39, 0.29) is 22.8 Å². The van der Waals surface area contributed by atoms with E-state index in [2.05, 4.69) is 36.3 Å². The molecule has 0 bridgehead atoms. The van der Waals surface area contributed by atoms with E-state index in [4.69, 9.17) is 5.10 Å². The first-order chi connectivity index (χ1) is 17.8. The zero-order valence-corrected chi connectivity index (χ0v) is 23.6. The highest BCUT2D eigenvalue weighted by atomic mass is 16.2. The molecule has 8 heteroatoms. The molecular formula is C30H40N6O2. The third kappa shape index (κ3) is 6.36. The predicted molar refractivity (Wildman–Crippen MR) is 154 cm³/mol. The molecule has 8 nitrogen and oxygen atoms in total. The monoisotopic (exact) mass is 516 g/mol. The molecule has 2 heterocycles. The van der Waals surface area contributed by atoms with Gasteiger partial charge in [0.15, 0.2) is 0 Å². The Hall–Kier alpha value is -3.81. The van der Waals surface area contributed by atoms with Crippen LogP contribution in [0.1, 0.15) is 52.8 Å². The Labute approximate surface area is 226 Å². The number of hydrogen-bond acceptors (Lipinski definition) is 4. The SMILES string of the molecule is Cc1ccc(-n2nc(C(C)(C)C)cc2NC(=O)Nc2ccc(N3CCN(C(=O)C(C)(C)C)CC3)cc2)cc1. The second-order valence-electron chi connectivity index (χ2n) is 12.1. The summed E-state index contributed by atoms with van der Waals surface area (Å²) in [4.78, 5) is 29.7. The van der Waals surface area contributed by atoms with Crippen LogP contribution in [0.2, 0.25) is 0 Å². The van der Waals surface area contributed by atoms with Crippen LogP contribution in [0.5, 0.6) is 0 Å². The molecule has 0 aliphatic carbocycles. The molecule has 1 aliphatic rings. The molecule has 1 aromatic heterocycles. The lowest BCUT2D eigenvalue weighted by molar-refractivity contribution is -0.139. The minimum Gasteiger partial charge on any atom is -0.368 e. The molecule has 1 saturated heterocycles. The van der Waals surface area contributed by atoms with Gasteiger partial charge in [0.1, 0.15) is 5.82 Å². The van der Waals surface area contributed by atoms with E-state index in [0.29, 0.717) is 24.6 Å². The summed E-state index contributed by atoms with van der Waals surface area (Å²) in [6.45, 7) is 17.2. The van der Waals surface area contributed by atoms with Gasteiger partial charge >= 0.3 is 6.03 Å². The zero-order chi connectivity index (χ0) is 27.7. The van der Waals surface area contributed by atoms with Gasteiger partial charge in [-0.2, -0.15) is 5.10 Å². The molecule has 2 N–H and O–H groups in total. The summed E-state index contributed by atoms with van der Waals surface area (Å²) in [6.07, 6.45) is 0. The van der Waals surface area contributed by atoms with Crippen LogP contribution in [-0.4, -0.2) is 52.8 Å². The van der Waals surface area contributed by atoms with Crippen molar-refractivity contribution in [2.75, 3.05) is 41.7 Å². The molecule has 2 aromatic carbocycles. The second-order valence-corrected chi connectivity index (χ2v) is 12.1. The van der Waals surface area contributed by atoms with Crippen LogP contribution >= 0.6 is 0 Å². The van der Waals surface area contributed by atoms with E-state index < -0.39 is 0 Å². The lowest BCUT2D eigenvalue weighted by Gasteiger charge is -2.38. The van der Waals surface area contributed by atoms with Crippen molar-refractivity contribution in [3.63, 3.8) is 0 Å². The van der Waals surface area contributed by atoms with E-state index in [1.165, 1.54) is 0 Å². The van der Waals surface area contributed by atoms with E-state index >= 15 is 0 Å². The number of carbonyl (C=O) groups excluding carboxylic acids is 2. The number of amides is 3. The number of anilines is 3. The molecule has 1 fully saturated rings. The second kappa shape index (κ2) is 10.5. The Balaban J connectivity index is 1.40. The number of nitrogens with zero attached hydrogens (tertiary/aromatic N) is 4. The molecule has 0 unspecified atom stereocenters. The maximum absolute atomic E-state index is 12.9. The maximum Gasteiger partial charge on any atom is 0.324 e. The van der Waals surface area contributed by atoms with Crippen molar-refractivity contribution in [3.8, 4) is 5.69 Å². The number of aryl methyl sites for hydroxylation is 1. The highest BCUT2D eigenvalue weighted by Gasteiger charge is 2.29. The summed E-state index contributed by atoms with van der Waals surface area (Å²) in [7, 11) is 0. The van der Waals surface area contributed by atoms with Crippen LogP contribution in [0, 0.1) is 12.3 Å². The van der Waals surface area contributed by atoms with E-state index in [9.17, 15) is 9.59 Å². The number of piperazine rings is 1. The van der Waals surface area contributed by atoms with Gasteiger partial charge in [0.05, 0.1) is 11.4 Å². The molecule has 3 aromatic rings. The Morgan fingerprint density at radius 3 is 1.92 bits per heavy atom. The Morgan fingerprint density at radius 1 is 0.789 bits per heavy atom. The van der Waals surface area contributed by atoms with Crippen LogP contribution in [0.3, 0.4) is 0 Å². The Bertz CT molecular complexity index is 1270. The molecule has 202 valence electrons. The Morgan fingerprint density at radius 2 is 1.37 bits per heavy atom. The van der Waals surface area contributed by atoms with Crippen LogP contribution in [0.4, 0.5) is 22.0 Å². The molecule has 38 heavy (non-hydrogen) atoms. The smallest absolute Gasteiger partial charge is 0.324 e. The summed E-state index contributed by atoms with van der Waals surface area (Å²) in [5.41, 5.74) is 4.19. The van der Waals surface area contributed by atoms with Gasteiger partial charge in [-0.1, -0.05) is 59.2 Å². The molecule has 0 spiro atoms. The number of hydrogen-bond donors (Lipinski definition) is 2. The largest absolute Gasteiger partial charge is 0.368 e. The molecule has 3 amide bonds. The van der Waals surface area contributed by atoms with Crippen molar-refractivity contribution >= 4 is 29.1 Å². The quantitative estimate of drug-likeness (QED) is 0.458. The van der Waals surface area contributed by atoms with Gasteiger partial charge in [-0.3, -0.25) is 10.1 Å². The average molecular weight is 517 g/mol. The first-order valence-electron chi connectivity index (χ1n) is 13.2. The fraction of sp³-hybridized carbons (Fsp3) is 0.433. The predicted octanol–water partition coefficient (Wildman–Crippen LogP) is 5.82. The number of rotatable bonds is 4. The fourth-order valence-electron chi connectivity index (χ4n) is 4.40.